The van der Waals surface area contributed by atoms with Gasteiger partial charge in [0.2, 0.25) is 10.5 Å². The largest absolute Gasteiger partial charge is 0.412 e. The molecule has 1 aromatic rings. The molecule has 1 aromatic carbocycles. The first-order chi connectivity index (χ1) is 7.70. The minimum atomic E-state index is -0.000516. The first-order valence-electron chi connectivity index (χ1n) is 5.80. The van der Waals surface area contributed by atoms with E-state index in [9.17, 15) is 0 Å². The van der Waals surface area contributed by atoms with Crippen molar-refractivity contribution in [2.75, 3.05) is 0 Å². The topological polar surface area (TPSA) is 9.23 Å². The lowest BCUT2D eigenvalue weighted by Crippen LogP contribution is -2.09. The van der Waals surface area contributed by atoms with Gasteiger partial charge in [-0.05, 0) is 36.5 Å². The summed E-state index contributed by atoms with van der Waals surface area (Å²) in [5.41, 5.74) is 3.62. The summed E-state index contributed by atoms with van der Waals surface area (Å²) in [4.78, 5) is 0. The Morgan fingerprint density at radius 1 is 1.44 bits per heavy atom. The molecule has 2 heteroatoms. The summed E-state index contributed by atoms with van der Waals surface area (Å²) in [6, 6.07) is 8.43. The highest BCUT2D eigenvalue weighted by Crippen LogP contribution is 2.23. The van der Waals surface area contributed by atoms with Gasteiger partial charge in [0, 0.05) is 0 Å². The second kappa shape index (κ2) is 6.66. The minimum Gasteiger partial charge on any atom is -0.412 e. The molecule has 1 unspecified atom stereocenters. The summed E-state index contributed by atoms with van der Waals surface area (Å²) in [6.45, 7) is 8.31. The van der Waals surface area contributed by atoms with E-state index < -0.39 is 0 Å². The van der Waals surface area contributed by atoms with E-state index >= 15 is 0 Å². The zero-order chi connectivity index (χ0) is 12.0. The van der Waals surface area contributed by atoms with Gasteiger partial charge in [-0.1, -0.05) is 44.2 Å². The van der Waals surface area contributed by atoms with Crippen LogP contribution in [0.25, 0.3) is 5.57 Å². The third kappa shape index (κ3) is 3.32. The van der Waals surface area contributed by atoms with Gasteiger partial charge in [0.25, 0.3) is 0 Å². The molecule has 0 amide bonds. The number of rotatable bonds is 6. The predicted octanol–water partition coefficient (Wildman–Crippen LogP) is 3.53. The molecule has 0 aliphatic rings. The molecule has 16 heavy (non-hydrogen) atoms. The lowest BCUT2D eigenvalue weighted by molar-refractivity contribution is 0.307. The number of benzene rings is 1. The van der Waals surface area contributed by atoms with Crippen LogP contribution in [0, 0.1) is 0 Å². The predicted molar refractivity (Wildman–Crippen MR) is 70.4 cm³/mol. The van der Waals surface area contributed by atoms with Crippen molar-refractivity contribution in [3.63, 3.8) is 0 Å². The van der Waals surface area contributed by atoms with E-state index in [-0.39, 0.29) is 6.10 Å². The van der Waals surface area contributed by atoms with E-state index in [1.54, 1.807) is 0 Å². The quantitative estimate of drug-likeness (QED) is 0.681. The highest BCUT2D eigenvalue weighted by Gasteiger charge is 2.10. The van der Waals surface area contributed by atoms with Crippen LogP contribution in [0.4, 0.5) is 0 Å². The summed E-state index contributed by atoms with van der Waals surface area (Å²) in [5, 5.41) is 0. The van der Waals surface area contributed by atoms with Gasteiger partial charge < -0.3 is 4.43 Å². The molecular formula is C14H19OSi. The SMILES string of the molecule is C=C(c1ccccc1CCCC)C(C)O[Si]. The molecule has 0 saturated heterocycles. The number of unbranched alkanes of at least 4 members (excludes halogenated alkanes) is 1. The summed E-state index contributed by atoms with van der Waals surface area (Å²) >= 11 is 0. The van der Waals surface area contributed by atoms with Gasteiger partial charge in [-0.25, -0.2) is 0 Å². The average molecular weight is 231 g/mol. The van der Waals surface area contributed by atoms with E-state index in [1.807, 2.05) is 6.92 Å². The Morgan fingerprint density at radius 3 is 2.75 bits per heavy atom. The van der Waals surface area contributed by atoms with Gasteiger partial charge >= 0.3 is 0 Å². The van der Waals surface area contributed by atoms with Crippen LogP contribution in [0.15, 0.2) is 30.8 Å². The van der Waals surface area contributed by atoms with Crippen LogP contribution in [0.2, 0.25) is 0 Å². The van der Waals surface area contributed by atoms with Gasteiger partial charge in [-0.2, -0.15) is 0 Å². The van der Waals surface area contributed by atoms with Crippen molar-refractivity contribution in [3.8, 4) is 0 Å². The van der Waals surface area contributed by atoms with Crippen LogP contribution in [-0.4, -0.2) is 16.6 Å². The highest BCUT2D eigenvalue weighted by molar-refractivity contribution is 5.98. The molecule has 85 valence electrons. The van der Waals surface area contributed by atoms with Crippen LogP contribution in [0.1, 0.15) is 37.8 Å². The molecule has 0 bridgehead atoms. The molecular weight excluding hydrogens is 212 g/mol. The van der Waals surface area contributed by atoms with E-state index in [2.05, 4.69) is 48.3 Å². The first kappa shape index (κ1) is 13.2. The fourth-order valence-corrected chi connectivity index (χ4v) is 1.85. The molecule has 0 aliphatic heterocycles. The van der Waals surface area contributed by atoms with Crippen molar-refractivity contribution in [1.29, 1.82) is 0 Å². The second-order valence-electron chi connectivity index (χ2n) is 4.05. The second-order valence-corrected chi connectivity index (χ2v) is 4.28. The lowest BCUT2D eigenvalue weighted by Gasteiger charge is -2.17. The van der Waals surface area contributed by atoms with Crippen LogP contribution in [0.3, 0.4) is 0 Å². The smallest absolute Gasteiger partial charge is 0.247 e. The summed E-state index contributed by atoms with van der Waals surface area (Å²) in [5.74, 6) is 0. The summed E-state index contributed by atoms with van der Waals surface area (Å²) < 4.78 is 5.13. The van der Waals surface area contributed by atoms with Crippen molar-refractivity contribution in [2.45, 2.75) is 39.2 Å². The molecule has 1 rings (SSSR count). The third-order valence-corrected chi connectivity index (χ3v) is 3.18. The molecule has 1 nitrogen and oxygen atoms in total. The van der Waals surface area contributed by atoms with Crippen LogP contribution >= 0.6 is 0 Å². The summed E-state index contributed by atoms with van der Waals surface area (Å²) in [6.07, 6.45) is 3.54. The molecule has 0 aromatic heterocycles. The zero-order valence-electron chi connectivity index (χ0n) is 10.1. The van der Waals surface area contributed by atoms with E-state index in [0.29, 0.717) is 0 Å². The molecule has 3 radical (unpaired) electrons. The highest BCUT2D eigenvalue weighted by atomic mass is 28.2. The Hall–Kier alpha value is -0.863. The third-order valence-electron chi connectivity index (χ3n) is 2.83. The van der Waals surface area contributed by atoms with Crippen LogP contribution in [0.5, 0.6) is 0 Å². The van der Waals surface area contributed by atoms with Crippen molar-refractivity contribution < 1.29 is 4.43 Å². The fraction of sp³-hybridized carbons (Fsp3) is 0.429. The fourth-order valence-electron chi connectivity index (χ4n) is 1.71. The van der Waals surface area contributed by atoms with Crippen LogP contribution < -0.4 is 0 Å². The molecule has 0 fully saturated rings. The average Bonchev–Trinajstić information content (AvgIpc) is 2.34. The van der Waals surface area contributed by atoms with Crippen molar-refractivity contribution in [2.24, 2.45) is 0 Å². The molecule has 0 saturated carbocycles. The van der Waals surface area contributed by atoms with Gasteiger partial charge in [-0.15, -0.1) is 0 Å². The van der Waals surface area contributed by atoms with Gasteiger partial charge in [0.15, 0.2) is 0 Å². The normalized spacial score (nSPS) is 12.4. The van der Waals surface area contributed by atoms with E-state index in [4.69, 9.17) is 4.43 Å². The van der Waals surface area contributed by atoms with Crippen molar-refractivity contribution >= 4 is 16.1 Å². The number of hydrogen-bond acceptors (Lipinski definition) is 1. The zero-order valence-corrected chi connectivity index (χ0v) is 11.1. The molecule has 0 heterocycles. The van der Waals surface area contributed by atoms with Gasteiger partial charge in [0.1, 0.15) is 0 Å². The van der Waals surface area contributed by atoms with E-state index in [1.165, 1.54) is 24.0 Å². The summed E-state index contributed by atoms with van der Waals surface area (Å²) in [7, 11) is 3.08. The number of aryl methyl sites for hydroxylation is 1. The maximum Gasteiger partial charge on any atom is 0.247 e. The molecule has 0 aliphatic carbocycles. The van der Waals surface area contributed by atoms with E-state index in [0.717, 1.165) is 12.0 Å². The standard InChI is InChI=1S/C14H19OSi/c1-4-5-8-13-9-6-7-10-14(13)11(2)12(3)15-16/h6-7,9-10,12H,2,4-5,8H2,1,3H3. The van der Waals surface area contributed by atoms with Crippen molar-refractivity contribution in [3.05, 3.63) is 42.0 Å². The maximum absolute atomic E-state index is 5.13. The Bertz CT molecular complexity index is 346. The molecule has 0 spiro atoms. The molecule has 0 N–H and O–H groups in total. The Kier molecular flexibility index (Phi) is 5.50. The first-order valence-corrected chi connectivity index (χ1v) is 6.21. The van der Waals surface area contributed by atoms with Crippen LogP contribution in [-0.2, 0) is 10.8 Å². The number of hydrogen-bond donors (Lipinski definition) is 0. The lowest BCUT2D eigenvalue weighted by atomic mass is 9.95. The monoisotopic (exact) mass is 231 g/mol. The minimum absolute atomic E-state index is 0.000516. The van der Waals surface area contributed by atoms with Crippen molar-refractivity contribution in [1.82, 2.24) is 0 Å². The Labute approximate surface area is 102 Å². The maximum atomic E-state index is 5.13. The Balaban J connectivity index is 2.89. The van der Waals surface area contributed by atoms with Gasteiger partial charge in [-0.3, -0.25) is 0 Å². The molecule has 1 atom stereocenters. The Morgan fingerprint density at radius 2 is 2.12 bits per heavy atom. The van der Waals surface area contributed by atoms with Gasteiger partial charge in [0.05, 0.1) is 6.10 Å².